The van der Waals surface area contributed by atoms with Gasteiger partial charge in [-0.1, -0.05) is 71.6 Å². The number of nitrogens with zero attached hydrogens (tertiary/aromatic N) is 4. The molecule has 0 saturated carbocycles. The van der Waals surface area contributed by atoms with Gasteiger partial charge in [-0.25, -0.2) is 15.2 Å². The first-order chi connectivity index (χ1) is 11.3. The molecule has 1 aromatic heterocycles. The van der Waals surface area contributed by atoms with Crippen molar-refractivity contribution in [3.63, 3.8) is 0 Å². The van der Waals surface area contributed by atoms with Crippen LogP contribution in [0.1, 0.15) is 102 Å². The molecule has 0 radical (unpaired) electrons. The lowest BCUT2D eigenvalue weighted by Crippen LogP contribution is -2.37. The molecule has 0 spiro atoms. The second-order valence-corrected chi connectivity index (χ2v) is 6.89. The zero-order chi connectivity index (χ0) is 16.5. The SMILES string of the molecule is CCCCCCCC(CCCCCC)c1nnc2n1N(C)NC2. The van der Waals surface area contributed by atoms with Gasteiger partial charge in [0.15, 0.2) is 11.6 Å². The van der Waals surface area contributed by atoms with Crippen molar-refractivity contribution in [1.82, 2.24) is 20.3 Å². The summed E-state index contributed by atoms with van der Waals surface area (Å²) >= 11 is 0. The van der Waals surface area contributed by atoms with Crippen LogP contribution in [-0.2, 0) is 6.54 Å². The van der Waals surface area contributed by atoms with Crippen molar-refractivity contribution in [3.05, 3.63) is 11.6 Å². The van der Waals surface area contributed by atoms with Gasteiger partial charge in [-0.2, -0.15) is 0 Å². The standard InChI is InChI=1S/C18H35N5/c1-4-6-8-10-12-14-16(13-11-9-7-5-2)18-21-20-17-15-19-22(3)23(17)18/h16,19H,4-15H2,1-3H3. The molecule has 2 rings (SSSR count). The Morgan fingerprint density at radius 3 is 2.17 bits per heavy atom. The molecule has 0 aromatic carbocycles. The highest BCUT2D eigenvalue weighted by Crippen LogP contribution is 2.28. The normalized spacial score (nSPS) is 15.2. The highest BCUT2D eigenvalue weighted by atomic mass is 15.8. The average Bonchev–Trinajstić information content (AvgIpc) is 3.13. The molecule has 1 N–H and O–H groups in total. The van der Waals surface area contributed by atoms with Gasteiger partial charge in [0.1, 0.15) is 0 Å². The summed E-state index contributed by atoms with van der Waals surface area (Å²) in [7, 11) is 2.05. The van der Waals surface area contributed by atoms with Crippen molar-refractivity contribution in [2.45, 2.75) is 96.9 Å². The van der Waals surface area contributed by atoms with Crippen LogP contribution in [0.15, 0.2) is 0 Å². The van der Waals surface area contributed by atoms with Gasteiger partial charge >= 0.3 is 0 Å². The first kappa shape index (κ1) is 18.2. The maximum atomic E-state index is 4.53. The highest BCUT2D eigenvalue weighted by Gasteiger charge is 2.26. The number of nitrogens with one attached hydrogen (secondary N) is 1. The van der Waals surface area contributed by atoms with E-state index in [9.17, 15) is 0 Å². The number of rotatable bonds is 12. The molecular formula is C18H35N5. The van der Waals surface area contributed by atoms with Crippen molar-refractivity contribution < 1.29 is 0 Å². The summed E-state index contributed by atoms with van der Waals surface area (Å²) in [5.41, 5.74) is 3.31. The van der Waals surface area contributed by atoms with Crippen molar-refractivity contribution >= 4 is 0 Å². The van der Waals surface area contributed by atoms with Crippen LogP contribution in [0.2, 0.25) is 0 Å². The predicted octanol–water partition coefficient (Wildman–Crippen LogP) is 4.28. The molecule has 1 unspecified atom stereocenters. The van der Waals surface area contributed by atoms with E-state index in [1.807, 2.05) is 5.12 Å². The number of hydrogen-bond acceptors (Lipinski definition) is 4. The predicted molar refractivity (Wildman–Crippen MR) is 95.9 cm³/mol. The summed E-state index contributed by atoms with van der Waals surface area (Å²) in [4.78, 5) is 0. The minimum absolute atomic E-state index is 0.553. The molecule has 0 amide bonds. The lowest BCUT2D eigenvalue weighted by Gasteiger charge is -2.21. The Hall–Kier alpha value is -1.10. The van der Waals surface area contributed by atoms with Crippen LogP contribution in [-0.4, -0.2) is 21.9 Å². The zero-order valence-corrected chi connectivity index (χ0v) is 15.4. The molecule has 0 fully saturated rings. The van der Waals surface area contributed by atoms with Gasteiger partial charge in [0.25, 0.3) is 0 Å². The molecule has 1 aliphatic rings. The lowest BCUT2D eigenvalue weighted by molar-refractivity contribution is 0.453. The van der Waals surface area contributed by atoms with E-state index in [4.69, 9.17) is 0 Å². The number of hydrazine groups is 1. The molecule has 0 aliphatic carbocycles. The first-order valence-corrected chi connectivity index (χ1v) is 9.69. The van der Waals surface area contributed by atoms with Gasteiger partial charge in [0.05, 0.1) is 6.54 Å². The van der Waals surface area contributed by atoms with Crippen LogP contribution in [0.5, 0.6) is 0 Å². The summed E-state index contributed by atoms with van der Waals surface area (Å²) in [6.07, 6.45) is 14.5. The molecule has 5 heteroatoms. The quantitative estimate of drug-likeness (QED) is 0.584. The van der Waals surface area contributed by atoms with E-state index in [0.29, 0.717) is 5.92 Å². The fourth-order valence-corrected chi connectivity index (χ4v) is 3.49. The van der Waals surface area contributed by atoms with E-state index >= 15 is 0 Å². The third kappa shape index (κ3) is 5.20. The molecule has 132 valence electrons. The molecule has 0 saturated heterocycles. The number of unbranched alkanes of at least 4 members (excludes halogenated alkanes) is 7. The summed E-state index contributed by atoms with van der Waals surface area (Å²) in [5.74, 6) is 2.77. The van der Waals surface area contributed by atoms with E-state index in [0.717, 1.165) is 12.4 Å². The fraction of sp³-hybridized carbons (Fsp3) is 0.889. The highest BCUT2D eigenvalue weighted by molar-refractivity contribution is 5.09. The number of fused-ring (bicyclic) bond motifs is 1. The van der Waals surface area contributed by atoms with Gasteiger partial charge < -0.3 is 0 Å². The van der Waals surface area contributed by atoms with Gasteiger partial charge in [-0.3, -0.25) is 0 Å². The molecule has 1 atom stereocenters. The summed E-state index contributed by atoms with van der Waals surface area (Å²) in [5, 5.41) is 11.0. The first-order valence-electron chi connectivity index (χ1n) is 9.69. The Morgan fingerprint density at radius 1 is 0.913 bits per heavy atom. The second-order valence-electron chi connectivity index (χ2n) is 6.89. The van der Waals surface area contributed by atoms with Crippen LogP contribution in [0, 0.1) is 0 Å². The van der Waals surface area contributed by atoms with Crippen molar-refractivity contribution in [3.8, 4) is 0 Å². The lowest BCUT2D eigenvalue weighted by atomic mass is 9.93. The van der Waals surface area contributed by atoms with Crippen molar-refractivity contribution in [2.24, 2.45) is 0 Å². The Bertz CT molecular complexity index is 443. The van der Waals surface area contributed by atoms with Crippen LogP contribution in [0.3, 0.4) is 0 Å². The molecule has 1 aromatic rings. The molecule has 0 bridgehead atoms. The fourth-order valence-electron chi connectivity index (χ4n) is 3.49. The van der Waals surface area contributed by atoms with Crippen LogP contribution >= 0.6 is 0 Å². The van der Waals surface area contributed by atoms with Crippen LogP contribution in [0.25, 0.3) is 0 Å². The van der Waals surface area contributed by atoms with E-state index < -0.39 is 0 Å². The Morgan fingerprint density at radius 2 is 1.52 bits per heavy atom. The minimum atomic E-state index is 0.553. The Labute approximate surface area is 141 Å². The topological polar surface area (TPSA) is 46.0 Å². The maximum Gasteiger partial charge on any atom is 0.169 e. The molecule has 23 heavy (non-hydrogen) atoms. The van der Waals surface area contributed by atoms with E-state index in [1.54, 1.807) is 0 Å². The van der Waals surface area contributed by atoms with Gasteiger partial charge in [-0.15, -0.1) is 10.2 Å². The monoisotopic (exact) mass is 321 g/mol. The van der Waals surface area contributed by atoms with E-state index in [1.165, 1.54) is 76.5 Å². The van der Waals surface area contributed by atoms with Crippen molar-refractivity contribution in [2.75, 3.05) is 12.2 Å². The molecular weight excluding hydrogens is 286 g/mol. The third-order valence-electron chi connectivity index (χ3n) is 4.92. The zero-order valence-electron chi connectivity index (χ0n) is 15.4. The molecule has 2 heterocycles. The van der Waals surface area contributed by atoms with Gasteiger partial charge in [0, 0.05) is 13.0 Å². The molecule has 1 aliphatic heterocycles. The summed E-state index contributed by atoms with van der Waals surface area (Å²) < 4.78 is 2.19. The largest absolute Gasteiger partial charge is 0.246 e. The molecule has 5 nitrogen and oxygen atoms in total. The Kier molecular flexibility index (Phi) is 7.86. The summed E-state index contributed by atoms with van der Waals surface area (Å²) in [6.45, 7) is 5.35. The minimum Gasteiger partial charge on any atom is -0.246 e. The van der Waals surface area contributed by atoms with E-state index in [-0.39, 0.29) is 0 Å². The van der Waals surface area contributed by atoms with E-state index in [2.05, 4.69) is 41.2 Å². The number of aromatic nitrogens is 3. The second kappa shape index (κ2) is 9.91. The van der Waals surface area contributed by atoms with Gasteiger partial charge in [-0.05, 0) is 12.8 Å². The number of hydrogen-bond donors (Lipinski definition) is 1. The maximum absolute atomic E-state index is 4.53. The Balaban J connectivity index is 1.92. The average molecular weight is 322 g/mol. The third-order valence-corrected chi connectivity index (χ3v) is 4.92. The van der Waals surface area contributed by atoms with Crippen LogP contribution < -0.4 is 10.5 Å². The van der Waals surface area contributed by atoms with Crippen molar-refractivity contribution in [1.29, 1.82) is 0 Å². The van der Waals surface area contributed by atoms with Gasteiger partial charge in [0.2, 0.25) is 0 Å². The van der Waals surface area contributed by atoms with Crippen LogP contribution in [0.4, 0.5) is 0 Å². The smallest absolute Gasteiger partial charge is 0.169 e. The summed E-state index contributed by atoms with van der Waals surface area (Å²) in [6, 6.07) is 0.